The third kappa shape index (κ3) is 5.58. The molecule has 2 aromatic carbocycles. The van der Waals surface area contributed by atoms with E-state index in [9.17, 15) is 4.79 Å². The first kappa shape index (κ1) is 19.4. The molecule has 0 aliphatic rings. The van der Waals surface area contributed by atoms with Crippen molar-refractivity contribution in [1.82, 2.24) is 5.32 Å². The highest BCUT2D eigenvalue weighted by atomic mass is 16.5. The highest BCUT2D eigenvalue weighted by Crippen LogP contribution is 2.30. The standard InChI is InChI=1S/C20H26N2O4/c1-4-15-9-7-8-10-17(15)26-14-21-20(23)22-16-11-12-18(24-5-2)19(13-16)25-6-3/h7-13H,4-6,14H2,1-3H3,(H2,21,22,23). The van der Waals surface area contributed by atoms with Crippen molar-refractivity contribution < 1.29 is 19.0 Å². The Morgan fingerprint density at radius 1 is 0.885 bits per heavy atom. The van der Waals surface area contributed by atoms with Crippen molar-refractivity contribution in [2.45, 2.75) is 27.2 Å². The van der Waals surface area contributed by atoms with Gasteiger partial charge in [0, 0.05) is 11.8 Å². The lowest BCUT2D eigenvalue weighted by molar-refractivity contribution is 0.234. The van der Waals surface area contributed by atoms with Crippen LogP contribution >= 0.6 is 0 Å². The number of nitrogens with one attached hydrogen (secondary N) is 2. The summed E-state index contributed by atoms with van der Waals surface area (Å²) in [6, 6.07) is 12.7. The fourth-order valence-electron chi connectivity index (χ4n) is 2.42. The first-order valence-electron chi connectivity index (χ1n) is 8.83. The fourth-order valence-corrected chi connectivity index (χ4v) is 2.42. The summed E-state index contributed by atoms with van der Waals surface area (Å²) < 4.78 is 16.7. The normalized spacial score (nSPS) is 10.1. The number of aryl methyl sites for hydroxylation is 1. The van der Waals surface area contributed by atoms with Gasteiger partial charge < -0.3 is 24.8 Å². The van der Waals surface area contributed by atoms with Crippen LogP contribution in [0.1, 0.15) is 26.3 Å². The highest BCUT2D eigenvalue weighted by Gasteiger charge is 2.08. The van der Waals surface area contributed by atoms with Crippen molar-refractivity contribution in [2.24, 2.45) is 0 Å². The maximum Gasteiger partial charge on any atom is 0.321 e. The summed E-state index contributed by atoms with van der Waals surface area (Å²) in [7, 11) is 0. The minimum Gasteiger partial charge on any atom is -0.490 e. The van der Waals surface area contributed by atoms with Gasteiger partial charge in [0.05, 0.1) is 13.2 Å². The van der Waals surface area contributed by atoms with Gasteiger partial charge in [-0.2, -0.15) is 0 Å². The van der Waals surface area contributed by atoms with Gasteiger partial charge in [0.2, 0.25) is 0 Å². The van der Waals surface area contributed by atoms with Crippen LogP contribution in [0, 0.1) is 0 Å². The summed E-state index contributed by atoms with van der Waals surface area (Å²) in [5, 5.41) is 5.44. The van der Waals surface area contributed by atoms with Crippen molar-refractivity contribution in [3.05, 3.63) is 48.0 Å². The van der Waals surface area contributed by atoms with Gasteiger partial charge in [0.1, 0.15) is 5.75 Å². The van der Waals surface area contributed by atoms with Crippen LogP contribution in [-0.4, -0.2) is 26.0 Å². The minimum atomic E-state index is -0.356. The monoisotopic (exact) mass is 358 g/mol. The molecule has 0 saturated carbocycles. The van der Waals surface area contributed by atoms with Gasteiger partial charge in [-0.15, -0.1) is 0 Å². The Kier molecular flexibility index (Phi) is 7.61. The topological polar surface area (TPSA) is 68.8 Å². The Labute approximate surface area is 154 Å². The van der Waals surface area contributed by atoms with E-state index in [0.29, 0.717) is 30.4 Å². The van der Waals surface area contributed by atoms with Crippen molar-refractivity contribution in [1.29, 1.82) is 0 Å². The molecule has 0 aliphatic carbocycles. The molecule has 0 unspecified atom stereocenters. The quantitative estimate of drug-likeness (QED) is 0.659. The summed E-state index contributed by atoms with van der Waals surface area (Å²) in [6.07, 6.45) is 0.870. The second-order valence-electron chi connectivity index (χ2n) is 5.41. The third-order valence-electron chi connectivity index (χ3n) is 3.62. The van der Waals surface area contributed by atoms with E-state index in [1.54, 1.807) is 18.2 Å². The summed E-state index contributed by atoms with van der Waals surface area (Å²) in [6.45, 7) is 7.01. The average molecular weight is 358 g/mol. The van der Waals surface area contributed by atoms with Crippen molar-refractivity contribution >= 4 is 11.7 Å². The lowest BCUT2D eigenvalue weighted by Gasteiger charge is -2.14. The van der Waals surface area contributed by atoms with Gasteiger partial charge in [-0.1, -0.05) is 25.1 Å². The van der Waals surface area contributed by atoms with Gasteiger partial charge in [-0.3, -0.25) is 0 Å². The van der Waals surface area contributed by atoms with Crippen LogP contribution in [0.2, 0.25) is 0 Å². The van der Waals surface area contributed by atoms with Crippen LogP contribution in [0.3, 0.4) is 0 Å². The maximum atomic E-state index is 12.1. The molecule has 0 bridgehead atoms. The van der Waals surface area contributed by atoms with Crippen LogP contribution in [0.4, 0.5) is 10.5 Å². The van der Waals surface area contributed by atoms with Crippen LogP contribution in [0.25, 0.3) is 0 Å². The predicted octanol–water partition coefficient (Wildman–Crippen LogP) is 4.20. The van der Waals surface area contributed by atoms with Crippen LogP contribution in [-0.2, 0) is 6.42 Å². The molecule has 0 radical (unpaired) electrons. The number of urea groups is 1. The first-order chi connectivity index (χ1) is 12.7. The summed E-state index contributed by atoms with van der Waals surface area (Å²) >= 11 is 0. The van der Waals surface area contributed by atoms with Crippen molar-refractivity contribution in [3.8, 4) is 17.2 Å². The molecule has 0 aromatic heterocycles. The molecule has 2 N–H and O–H groups in total. The van der Waals surface area contributed by atoms with E-state index >= 15 is 0 Å². The van der Waals surface area contributed by atoms with E-state index in [0.717, 1.165) is 17.7 Å². The summed E-state index contributed by atoms with van der Waals surface area (Å²) in [5.41, 5.74) is 1.71. The Morgan fingerprint density at radius 3 is 2.35 bits per heavy atom. The Bertz CT molecular complexity index is 719. The highest BCUT2D eigenvalue weighted by molar-refractivity contribution is 5.89. The molecular weight excluding hydrogens is 332 g/mol. The number of carbonyl (C=O) groups is 1. The largest absolute Gasteiger partial charge is 0.490 e. The van der Waals surface area contributed by atoms with Gasteiger partial charge in [0.15, 0.2) is 18.2 Å². The van der Waals surface area contributed by atoms with E-state index < -0.39 is 0 Å². The molecular formula is C20H26N2O4. The van der Waals surface area contributed by atoms with Crippen LogP contribution < -0.4 is 24.8 Å². The number of anilines is 1. The summed E-state index contributed by atoms with van der Waals surface area (Å²) in [5.74, 6) is 2.02. The number of amides is 2. The van der Waals surface area contributed by atoms with Crippen molar-refractivity contribution in [3.63, 3.8) is 0 Å². The zero-order valence-electron chi connectivity index (χ0n) is 15.5. The summed E-state index contributed by atoms with van der Waals surface area (Å²) in [4.78, 5) is 12.1. The smallest absolute Gasteiger partial charge is 0.321 e. The van der Waals surface area contributed by atoms with Gasteiger partial charge >= 0.3 is 6.03 Å². The van der Waals surface area contributed by atoms with Gasteiger partial charge in [-0.05, 0) is 44.0 Å². The molecule has 2 rings (SSSR count). The zero-order valence-corrected chi connectivity index (χ0v) is 15.5. The molecule has 0 aliphatic heterocycles. The first-order valence-corrected chi connectivity index (χ1v) is 8.83. The van der Waals surface area contributed by atoms with E-state index in [2.05, 4.69) is 17.6 Å². The lowest BCUT2D eigenvalue weighted by atomic mass is 10.1. The molecule has 6 nitrogen and oxygen atoms in total. The Hall–Kier alpha value is -2.89. The molecule has 6 heteroatoms. The minimum absolute atomic E-state index is 0.0815. The van der Waals surface area contributed by atoms with Gasteiger partial charge in [0.25, 0.3) is 0 Å². The second-order valence-corrected chi connectivity index (χ2v) is 5.41. The lowest BCUT2D eigenvalue weighted by Crippen LogP contribution is -2.32. The van der Waals surface area contributed by atoms with E-state index in [1.165, 1.54) is 0 Å². The molecule has 0 spiro atoms. The van der Waals surface area contributed by atoms with Crippen LogP contribution in [0.5, 0.6) is 17.2 Å². The van der Waals surface area contributed by atoms with Crippen molar-refractivity contribution in [2.75, 3.05) is 25.3 Å². The molecule has 2 amide bonds. The molecule has 0 heterocycles. The number of benzene rings is 2. The molecule has 140 valence electrons. The van der Waals surface area contributed by atoms with Crippen LogP contribution in [0.15, 0.2) is 42.5 Å². The van der Waals surface area contributed by atoms with E-state index in [1.807, 2.05) is 38.1 Å². The third-order valence-corrected chi connectivity index (χ3v) is 3.62. The SMILES string of the molecule is CCOc1ccc(NC(=O)NCOc2ccccc2CC)cc1OCC. The second kappa shape index (κ2) is 10.2. The predicted molar refractivity (Wildman–Crippen MR) is 102 cm³/mol. The average Bonchev–Trinajstić information content (AvgIpc) is 2.64. The number of hydrogen-bond donors (Lipinski definition) is 2. The number of ether oxygens (including phenoxy) is 3. The molecule has 0 atom stereocenters. The molecule has 26 heavy (non-hydrogen) atoms. The number of para-hydroxylation sites is 1. The molecule has 2 aromatic rings. The van der Waals surface area contributed by atoms with E-state index in [4.69, 9.17) is 14.2 Å². The van der Waals surface area contributed by atoms with E-state index in [-0.39, 0.29) is 12.8 Å². The van der Waals surface area contributed by atoms with Gasteiger partial charge in [-0.25, -0.2) is 4.79 Å². The Balaban J connectivity index is 1.90. The molecule has 0 saturated heterocycles. The fraction of sp³-hybridized carbons (Fsp3) is 0.350. The maximum absolute atomic E-state index is 12.1. The Morgan fingerprint density at radius 2 is 1.62 bits per heavy atom. The zero-order chi connectivity index (χ0) is 18.8. The molecule has 0 fully saturated rings. The number of carbonyl (C=O) groups excluding carboxylic acids is 1. The number of rotatable bonds is 9. The number of hydrogen-bond acceptors (Lipinski definition) is 4.